The third kappa shape index (κ3) is 4.49. The molecule has 120 valence electrons. The predicted molar refractivity (Wildman–Crippen MR) is 86.9 cm³/mol. The number of amides is 2. The van der Waals surface area contributed by atoms with Crippen LogP contribution < -0.4 is 5.32 Å². The standard InChI is InChI=1S/C17H24N2O3/c1-4-19(12-17(2,3)21)16(20)18-10-9-14-11-13-7-5-6-8-15(13)22-14/h5-8,11,21H,4,9-10,12H2,1-3H3,(H,18,20). The molecule has 0 aliphatic carbocycles. The molecule has 0 radical (unpaired) electrons. The molecule has 1 aromatic carbocycles. The maximum atomic E-state index is 12.1. The van der Waals surface area contributed by atoms with E-state index < -0.39 is 5.60 Å². The first kappa shape index (κ1) is 16.4. The number of hydrogen-bond donors (Lipinski definition) is 2. The zero-order chi connectivity index (χ0) is 16.2. The highest BCUT2D eigenvalue weighted by atomic mass is 16.3. The summed E-state index contributed by atoms with van der Waals surface area (Å²) in [6, 6.07) is 9.67. The van der Waals surface area contributed by atoms with E-state index >= 15 is 0 Å². The molecular weight excluding hydrogens is 280 g/mol. The van der Waals surface area contributed by atoms with Crippen LogP contribution >= 0.6 is 0 Å². The summed E-state index contributed by atoms with van der Waals surface area (Å²) in [7, 11) is 0. The summed E-state index contributed by atoms with van der Waals surface area (Å²) in [6.45, 7) is 6.64. The number of rotatable bonds is 6. The van der Waals surface area contributed by atoms with Gasteiger partial charge in [-0.05, 0) is 32.9 Å². The van der Waals surface area contributed by atoms with Crippen LogP contribution in [0.2, 0.25) is 0 Å². The van der Waals surface area contributed by atoms with Gasteiger partial charge in [-0.1, -0.05) is 18.2 Å². The molecule has 0 saturated carbocycles. The molecule has 1 aromatic heterocycles. The van der Waals surface area contributed by atoms with E-state index in [1.807, 2.05) is 37.3 Å². The molecule has 1 heterocycles. The number of carbonyl (C=O) groups excluding carboxylic acids is 1. The highest BCUT2D eigenvalue weighted by Crippen LogP contribution is 2.18. The Bertz CT molecular complexity index is 595. The van der Waals surface area contributed by atoms with Crippen molar-refractivity contribution in [3.05, 3.63) is 36.1 Å². The number of para-hydroxylation sites is 1. The van der Waals surface area contributed by atoms with Crippen molar-refractivity contribution in [2.75, 3.05) is 19.6 Å². The Morgan fingerprint density at radius 3 is 2.73 bits per heavy atom. The number of aliphatic hydroxyl groups is 1. The second kappa shape index (κ2) is 6.83. The van der Waals surface area contributed by atoms with Crippen molar-refractivity contribution < 1.29 is 14.3 Å². The van der Waals surface area contributed by atoms with Crippen LogP contribution in [0.5, 0.6) is 0 Å². The van der Waals surface area contributed by atoms with Crippen molar-refractivity contribution >= 4 is 17.0 Å². The minimum atomic E-state index is -0.897. The molecule has 22 heavy (non-hydrogen) atoms. The van der Waals surface area contributed by atoms with Crippen LogP contribution in [0.4, 0.5) is 4.79 Å². The van der Waals surface area contributed by atoms with E-state index in [0.29, 0.717) is 26.1 Å². The molecule has 0 spiro atoms. The largest absolute Gasteiger partial charge is 0.461 e. The van der Waals surface area contributed by atoms with Crippen molar-refractivity contribution in [1.29, 1.82) is 0 Å². The molecule has 0 aliphatic heterocycles. The lowest BCUT2D eigenvalue weighted by molar-refractivity contribution is 0.0480. The summed E-state index contributed by atoms with van der Waals surface area (Å²) in [5, 5.41) is 13.8. The van der Waals surface area contributed by atoms with Gasteiger partial charge in [0.05, 0.1) is 12.1 Å². The highest BCUT2D eigenvalue weighted by molar-refractivity contribution is 5.77. The first-order valence-electron chi connectivity index (χ1n) is 7.61. The van der Waals surface area contributed by atoms with Gasteiger partial charge in [-0.15, -0.1) is 0 Å². The summed E-state index contributed by atoms with van der Waals surface area (Å²) in [4.78, 5) is 13.7. The monoisotopic (exact) mass is 304 g/mol. The Morgan fingerprint density at radius 2 is 2.09 bits per heavy atom. The number of likely N-dealkylation sites (N-methyl/N-ethyl adjacent to an activating group) is 1. The summed E-state index contributed by atoms with van der Waals surface area (Å²) >= 11 is 0. The van der Waals surface area contributed by atoms with E-state index in [1.165, 1.54) is 0 Å². The molecule has 0 aliphatic rings. The van der Waals surface area contributed by atoms with Crippen molar-refractivity contribution in [1.82, 2.24) is 10.2 Å². The fourth-order valence-corrected chi connectivity index (χ4v) is 2.36. The van der Waals surface area contributed by atoms with Crippen LogP contribution in [0.15, 0.2) is 34.7 Å². The number of benzene rings is 1. The van der Waals surface area contributed by atoms with Gasteiger partial charge in [0.15, 0.2) is 0 Å². The van der Waals surface area contributed by atoms with Crippen molar-refractivity contribution in [3.63, 3.8) is 0 Å². The van der Waals surface area contributed by atoms with Gasteiger partial charge in [0.2, 0.25) is 0 Å². The Morgan fingerprint density at radius 1 is 1.36 bits per heavy atom. The normalized spacial score (nSPS) is 11.6. The number of carbonyl (C=O) groups is 1. The van der Waals surface area contributed by atoms with Crippen molar-refractivity contribution in [3.8, 4) is 0 Å². The van der Waals surface area contributed by atoms with Crippen LogP contribution in [0, 0.1) is 0 Å². The number of furan rings is 1. The molecule has 0 saturated heterocycles. The fourth-order valence-electron chi connectivity index (χ4n) is 2.36. The zero-order valence-electron chi connectivity index (χ0n) is 13.4. The van der Waals surface area contributed by atoms with E-state index in [2.05, 4.69) is 5.32 Å². The average molecular weight is 304 g/mol. The van der Waals surface area contributed by atoms with Crippen LogP contribution in [-0.4, -0.2) is 41.3 Å². The SMILES string of the molecule is CCN(CC(C)(C)O)C(=O)NCCc1cc2ccccc2o1. The molecule has 2 N–H and O–H groups in total. The van der Waals surface area contributed by atoms with Gasteiger partial charge in [-0.25, -0.2) is 4.79 Å². The lowest BCUT2D eigenvalue weighted by Crippen LogP contribution is -2.47. The van der Waals surface area contributed by atoms with Crippen LogP contribution in [0.25, 0.3) is 11.0 Å². The number of fused-ring (bicyclic) bond motifs is 1. The summed E-state index contributed by atoms with van der Waals surface area (Å²) < 4.78 is 5.71. The Balaban J connectivity index is 1.85. The minimum Gasteiger partial charge on any atom is -0.461 e. The first-order chi connectivity index (χ1) is 10.4. The van der Waals surface area contributed by atoms with E-state index in [9.17, 15) is 9.90 Å². The second-order valence-corrected chi connectivity index (χ2v) is 6.06. The quantitative estimate of drug-likeness (QED) is 0.862. The second-order valence-electron chi connectivity index (χ2n) is 6.06. The molecular formula is C17H24N2O3. The summed E-state index contributed by atoms with van der Waals surface area (Å²) in [6.07, 6.45) is 0.639. The Hall–Kier alpha value is -2.01. The zero-order valence-corrected chi connectivity index (χ0v) is 13.4. The molecule has 2 aromatic rings. The highest BCUT2D eigenvalue weighted by Gasteiger charge is 2.20. The first-order valence-corrected chi connectivity index (χ1v) is 7.61. The van der Waals surface area contributed by atoms with Crippen LogP contribution in [-0.2, 0) is 6.42 Å². The molecule has 0 bridgehead atoms. The fraction of sp³-hybridized carbons (Fsp3) is 0.471. The van der Waals surface area contributed by atoms with Crippen LogP contribution in [0.3, 0.4) is 0 Å². The topological polar surface area (TPSA) is 65.7 Å². The van der Waals surface area contributed by atoms with E-state index in [1.54, 1.807) is 18.7 Å². The van der Waals surface area contributed by atoms with Gasteiger partial charge in [0.25, 0.3) is 0 Å². The smallest absolute Gasteiger partial charge is 0.317 e. The third-order valence-electron chi connectivity index (χ3n) is 3.37. The van der Waals surface area contributed by atoms with Crippen molar-refractivity contribution in [2.45, 2.75) is 32.8 Å². The van der Waals surface area contributed by atoms with Crippen LogP contribution in [0.1, 0.15) is 26.5 Å². The Kier molecular flexibility index (Phi) is 5.08. The molecule has 2 amide bonds. The van der Waals surface area contributed by atoms with Gasteiger partial charge >= 0.3 is 6.03 Å². The molecule has 2 rings (SSSR count). The maximum Gasteiger partial charge on any atom is 0.317 e. The number of nitrogens with zero attached hydrogens (tertiary/aromatic N) is 1. The maximum absolute atomic E-state index is 12.1. The lowest BCUT2D eigenvalue weighted by Gasteiger charge is -2.28. The van der Waals surface area contributed by atoms with Crippen molar-refractivity contribution in [2.24, 2.45) is 0 Å². The number of urea groups is 1. The number of hydrogen-bond acceptors (Lipinski definition) is 3. The lowest BCUT2D eigenvalue weighted by atomic mass is 10.1. The van der Waals surface area contributed by atoms with Gasteiger partial charge in [-0.3, -0.25) is 0 Å². The van der Waals surface area contributed by atoms with Gasteiger partial charge in [0.1, 0.15) is 11.3 Å². The summed E-state index contributed by atoms with van der Waals surface area (Å²) in [5.41, 5.74) is -0.0347. The van der Waals surface area contributed by atoms with Gasteiger partial charge in [-0.2, -0.15) is 0 Å². The molecule has 0 unspecified atom stereocenters. The van der Waals surface area contributed by atoms with E-state index in [4.69, 9.17) is 4.42 Å². The molecule has 0 fully saturated rings. The average Bonchev–Trinajstić information content (AvgIpc) is 2.86. The third-order valence-corrected chi connectivity index (χ3v) is 3.37. The van der Waals surface area contributed by atoms with E-state index in [-0.39, 0.29) is 6.03 Å². The molecule has 5 nitrogen and oxygen atoms in total. The predicted octanol–water partition coefficient (Wildman–Crippen LogP) is 2.78. The number of nitrogens with one attached hydrogen (secondary N) is 1. The minimum absolute atomic E-state index is 0.166. The molecule has 5 heteroatoms. The Labute approximate surface area is 130 Å². The van der Waals surface area contributed by atoms with Gasteiger partial charge in [0, 0.05) is 24.9 Å². The van der Waals surface area contributed by atoms with Gasteiger partial charge < -0.3 is 19.7 Å². The van der Waals surface area contributed by atoms with E-state index in [0.717, 1.165) is 16.7 Å². The molecule has 0 atom stereocenters. The summed E-state index contributed by atoms with van der Waals surface area (Å²) in [5.74, 6) is 0.854.